The van der Waals surface area contributed by atoms with Gasteiger partial charge in [-0.2, -0.15) is 0 Å². The van der Waals surface area contributed by atoms with Gasteiger partial charge in [0.15, 0.2) is 0 Å². The smallest absolute Gasteiger partial charge is 0.126 e. The Hall–Kier alpha value is -1.87. The lowest BCUT2D eigenvalue weighted by molar-refractivity contribution is 0.457. The Morgan fingerprint density at radius 2 is 1.68 bits per heavy atom. The van der Waals surface area contributed by atoms with Gasteiger partial charge in [-0.3, -0.25) is 0 Å². The van der Waals surface area contributed by atoms with Gasteiger partial charge >= 0.3 is 0 Å². The lowest BCUT2D eigenvalue weighted by Crippen LogP contribution is -2.27. The van der Waals surface area contributed by atoms with Crippen LogP contribution in [-0.2, 0) is 13.0 Å². The van der Waals surface area contributed by atoms with E-state index in [4.69, 9.17) is 0 Å². The van der Waals surface area contributed by atoms with E-state index in [1.807, 2.05) is 25.1 Å². The Kier molecular flexibility index (Phi) is 4.53. The van der Waals surface area contributed by atoms with Crippen molar-refractivity contribution in [2.24, 2.45) is 0 Å². The maximum atomic E-state index is 13.5. The van der Waals surface area contributed by atoms with Crippen LogP contribution in [0.25, 0.3) is 0 Å². The number of hydrogen-bond donors (Lipinski definition) is 2. The van der Waals surface area contributed by atoms with Gasteiger partial charge in [-0.1, -0.05) is 36.4 Å². The van der Waals surface area contributed by atoms with Gasteiger partial charge in [-0.05, 0) is 31.0 Å². The summed E-state index contributed by atoms with van der Waals surface area (Å²) in [6.07, 6.45) is 0.625. The summed E-state index contributed by atoms with van der Waals surface area (Å²) in [4.78, 5) is 0. The molecule has 0 radical (unpaired) electrons. The zero-order valence-electron chi connectivity index (χ0n) is 10.9. The number of para-hydroxylation sites is 1. The number of halogens is 1. The normalized spacial score (nSPS) is 12.3. The summed E-state index contributed by atoms with van der Waals surface area (Å²) in [5.41, 5.74) is 1.56. The number of phenolic OH excluding ortho intramolecular Hbond substituents is 1. The highest BCUT2D eigenvalue weighted by molar-refractivity contribution is 5.31. The monoisotopic (exact) mass is 259 g/mol. The van der Waals surface area contributed by atoms with Crippen LogP contribution in [-0.4, -0.2) is 11.1 Å². The second kappa shape index (κ2) is 6.34. The molecular weight excluding hydrogens is 241 g/mol. The molecule has 0 aliphatic carbocycles. The predicted octanol–water partition coefficient (Wildman–Crippen LogP) is 3.25. The van der Waals surface area contributed by atoms with Crippen molar-refractivity contribution < 1.29 is 9.50 Å². The van der Waals surface area contributed by atoms with E-state index in [0.717, 1.165) is 5.56 Å². The third kappa shape index (κ3) is 3.80. The molecule has 0 spiro atoms. The summed E-state index contributed by atoms with van der Waals surface area (Å²) in [6.45, 7) is 2.58. The lowest BCUT2D eigenvalue weighted by atomic mass is 10.1. The molecule has 100 valence electrons. The highest BCUT2D eigenvalue weighted by atomic mass is 19.1. The van der Waals surface area contributed by atoms with E-state index in [0.29, 0.717) is 18.5 Å². The van der Waals surface area contributed by atoms with Gasteiger partial charge in [-0.15, -0.1) is 0 Å². The molecule has 1 atom stereocenters. The molecule has 0 aliphatic heterocycles. The summed E-state index contributed by atoms with van der Waals surface area (Å²) in [7, 11) is 0. The zero-order chi connectivity index (χ0) is 13.7. The second-order valence-corrected chi connectivity index (χ2v) is 4.71. The van der Waals surface area contributed by atoms with Gasteiger partial charge < -0.3 is 10.4 Å². The SMILES string of the molecule is CC(Cc1ccccc1F)NCc1ccccc1O. The third-order valence-corrected chi connectivity index (χ3v) is 3.12. The number of phenols is 1. The van der Waals surface area contributed by atoms with Gasteiger partial charge in [-0.25, -0.2) is 4.39 Å². The van der Waals surface area contributed by atoms with Gasteiger partial charge in [0.25, 0.3) is 0 Å². The molecule has 2 N–H and O–H groups in total. The van der Waals surface area contributed by atoms with Crippen molar-refractivity contribution in [1.29, 1.82) is 0 Å². The van der Waals surface area contributed by atoms with Crippen molar-refractivity contribution in [3.63, 3.8) is 0 Å². The van der Waals surface area contributed by atoms with Crippen LogP contribution in [0, 0.1) is 5.82 Å². The molecule has 0 saturated carbocycles. The van der Waals surface area contributed by atoms with Crippen LogP contribution in [0.3, 0.4) is 0 Å². The first-order valence-electron chi connectivity index (χ1n) is 6.40. The Bertz CT molecular complexity index is 542. The molecule has 0 heterocycles. The molecule has 0 amide bonds. The van der Waals surface area contributed by atoms with Crippen LogP contribution < -0.4 is 5.32 Å². The first-order chi connectivity index (χ1) is 9.16. The molecule has 2 nitrogen and oxygen atoms in total. The van der Waals surface area contributed by atoms with Gasteiger partial charge in [0.05, 0.1) is 0 Å². The fraction of sp³-hybridized carbons (Fsp3) is 0.250. The number of rotatable bonds is 5. The minimum atomic E-state index is -0.168. The molecule has 0 fully saturated rings. The van der Waals surface area contributed by atoms with Crippen LogP contribution in [0.15, 0.2) is 48.5 Å². The molecule has 0 aliphatic rings. The average Bonchev–Trinajstić information content (AvgIpc) is 2.40. The Balaban J connectivity index is 1.90. The van der Waals surface area contributed by atoms with Crippen LogP contribution in [0.2, 0.25) is 0 Å². The van der Waals surface area contributed by atoms with Crippen molar-refractivity contribution in [3.8, 4) is 5.75 Å². The molecule has 2 aromatic rings. The molecule has 0 aromatic heterocycles. The van der Waals surface area contributed by atoms with Gasteiger partial charge in [0, 0.05) is 18.2 Å². The summed E-state index contributed by atoms with van der Waals surface area (Å²) < 4.78 is 13.5. The maximum Gasteiger partial charge on any atom is 0.126 e. The van der Waals surface area contributed by atoms with Gasteiger partial charge in [0.1, 0.15) is 11.6 Å². The molecule has 3 heteroatoms. The lowest BCUT2D eigenvalue weighted by Gasteiger charge is -2.15. The predicted molar refractivity (Wildman–Crippen MR) is 74.5 cm³/mol. The maximum absolute atomic E-state index is 13.5. The van der Waals surface area contributed by atoms with Crippen molar-refractivity contribution in [2.45, 2.75) is 25.9 Å². The minimum Gasteiger partial charge on any atom is -0.508 e. The van der Waals surface area contributed by atoms with Crippen molar-refractivity contribution >= 4 is 0 Å². The molecule has 1 unspecified atom stereocenters. The van der Waals surface area contributed by atoms with E-state index in [-0.39, 0.29) is 17.6 Å². The Morgan fingerprint density at radius 1 is 1.05 bits per heavy atom. The first kappa shape index (κ1) is 13.6. The quantitative estimate of drug-likeness (QED) is 0.864. The standard InChI is InChI=1S/C16H18FNO/c1-12(10-13-6-2-4-8-15(13)17)18-11-14-7-3-5-9-16(14)19/h2-9,12,18-19H,10-11H2,1H3. The van der Waals surface area contributed by atoms with E-state index in [2.05, 4.69) is 5.32 Å². The number of benzene rings is 2. The van der Waals surface area contributed by atoms with Crippen molar-refractivity contribution in [3.05, 3.63) is 65.5 Å². The summed E-state index contributed by atoms with van der Waals surface area (Å²) in [5.74, 6) is 0.117. The fourth-order valence-electron chi connectivity index (χ4n) is 2.01. The van der Waals surface area contributed by atoms with Crippen LogP contribution >= 0.6 is 0 Å². The average molecular weight is 259 g/mol. The molecule has 0 saturated heterocycles. The van der Waals surface area contributed by atoms with Crippen molar-refractivity contribution in [2.75, 3.05) is 0 Å². The topological polar surface area (TPSA) is 32.3 Å². The third-order valence-electron chi connectivity index (χ3n) is 3.12. The van der Waals surface area contributed by atoms with E-state index in [1.54, 1.807) is 24.3 Å². The highest BCUT2D eigenvalue weighted by Crippen LogP contribution is 2.15. The number of hydrogen-bond acceptors (Lipinski definition) is 2. The van der Waals surface area contributed by atoms with Crippen molar-refractivity contribution in [1.82, 2.24) is 5.32 Å². The molecule has 2 rings (SSSR count). The zero-order valence-corrected chi connectivity index (χ0v) is 10.9. The van der Waals surface area contributed by atoms with E-state index in [9.17, 15) is 9.50 Å². The summed E-state index contributed by atoms with van der Waals surface area (Å²) in [6, 6.07) is 14.2. The minimum absolute atomic E-state index is 0.136. The van der Waals surface area contributed by atoms with Crippen LogP contribution in [0.5, 0.6) is 5.75 Å². The van der Waals surface area contributed by atoms with E-state index < -0.39 is 0 Å². The summed E-state index contributed by atoms with van der Waals surface area (Å²) in [5, 5.41) is 12.9. The molecule has 0 bridgehead atoms. The van der Waals surface area contributed by atoms with Crippen LogP contribution in [0.1, 0.15) is 18.1 Å². The first-order valence-corrected chi connectivity index (χ1v) is 6.40. The largest absolute Gasteiger partial charge is 0.508 e. The van der Waals surface area contributed by atoms with Gasteiger partial charge in [0.2, 0.25) is 0 Å². The Labute approximate surface area is 112 Å². The number of aromatic hydroxyl groups is 1. The fourth-order valence-corrected chi connectivity index (χ4v) is 2.01. The summed E-state index contributed by atoms with van der Waals surface area (Å²) >= 11 is 0. The van der Waals surface area contributed by atoms with E-state index >= 15 is 0 Å². The van der Waals surface area contributed by atoms with Crippen LogP contribution in [0.4, 0.5) is 4.39 Å². The molecular formula is C16H18FNO. The second-order valence-electron chi connectivity index (χ2n) is 4.71. The Morgan fingerprint density at radius 3 is 2.37 bits per heavy atom. The van der Waals surface area contributed by atoms with E-state index in [1.165, 1.54) is 6.07 Å². The highest BCUT2D eigenvalue weighted by Gasteiger charge is 2.08. The molecule has 2 aromatic carbocycles. The number of nitrogens with one attached hydrogen (secondary N) is 1. The molecule has 19 heavy (non-hydrogen) atoms.